The molecule has 3 aromatic rings. The van der Waals surface area contributed by atoms with Crippen molar-refractivity contribution < 1.29 is 14.3 Å². The van der Waals surface area contributed by atoms with Gasteiger partial charge in [0.1, 0.15) is 4.88 Å². The number of esters is 1. The van der Waals surface area contributed by atoms with Crippen LogP contribution in [-0.4, -0.2) is 18.0 Å². The fourth-order valence-electron chi connectivity index (χ4n) is 2.91. The van der Waals surface area contributed by atoms with Crippen molar-refractivity contribution in [3.05, 3.63) is 64.0 Å². The molecule has 6 heteroatoms. The molecule has 0 aliphatic heterocycles. The molecule has 1 N–H and O–H groups in total. The summed E-state index contributed by atoms with van der Waals surface area (Å²) < 4.78 is 6.28. The number of nitrogens with one attached hydrogen (secondary N) is 1. The molecule has 0 aliphatic carbocycles. The summed E-state index contributed by atoms with van der Waals surface area (Å²) in [5, 5.41) is 4.05. The Hall–Kier alpha value is -2.37. The van der Waals surface area contributed by atoms with Crippen molar-refractivity contribution in [1.29, 1.82) is 0 Å². The second-order valence-corrected chi connectivity index (χ2v) is 8.10. The number of amides is 1. The number of hydrogen-bond donors (Lipinski definition) is 1. The van der Waals surface area contributed by atoms with E-state index in [1.54, 1.807) is 6.92 Å². The zero-order valence-corrected chi connectivity index (χ0v) is 17.6. The highest BCUT2D eigenvalue weighted by atomic mass is 35.5. The Balaban J connectivity index is 1.72. The van der Waals surface area contributed by atoms with E-state index in [0.29, 0.717) is 15.8 Å². The predicted molar refractivity (Wildman–Crippen MR) is 115 cm³/mol. The largest absolute Gasteiger partial charge is 0.448 e. The van der Waals surface area contributed by atoms with Crippen LogP contribution in [0.5, 0.6) is 0 Å². The van der Waals surface area contributed by atoms with Gasteiger partial charge >= 0.3 is 5.97 Å². The third kappa shape index (κ3) is 4.21. The van der Waals surface area contributed by atoms with Crippen LogP contribution in [0.15, 0.2) is 48.5 Å². The molecule has 0 aliphatic rings. The van der Waals surface area contributed by atoms with E-state index in [1.165, 1.54) is 11.3 Å². The van der Waals surface area contributed by atoms with E-state index in [0.717, 1.165) is 27.8 Å². The molecular formula is C22H22ClNO3S. The number of thiophene rings is 1. The number of fused-ring (bicyclic) bond motifs is 1. The summed E-state index contributed by atoms with van der Waals surface area (Å²) in [6, 6.07) is 15.2. The first kappa shape index (κ1) is 20.4. The van der Waals surface area contributed by atoms with E-state index in [4.69, 9.17) is 16.3 Å². The molecule has 0 saturated carbocycles. The molecule has 0 bridgehead atoms. The molecule has 0 spiro atoms. The lowest BCUT2D eigenvalue weighted by Gasteiger charge is -2.18. The van der Waals surface area contributed by atoms with Crippen LogP contribution in [0.4, 0.5) is 5.69 Å². The molecule has 1 aromatic heterocycles. The lowest BCUT2D eigenvalue weighted by molar-refractivity contribution is -0.123. The topological polar surface area (TPSA) is 55.4 Å². The highest BCUT2D eigenvalue weighted by Crippen LogP contribution is 2.35. The normalized spacial score (nSPS) is 13.1. The van der Waals surface area contributed by atoms with Gasteiger partial charge in [-0.05, 0) is 37.0 Å². The fraction of sp³-hybridized carbons (Fsp3) is 0.273. The van der Waals surface area contributed by atoms with Gasteiger partial charge in [-0.3, -0.25) is 4.79 Å². The maximum Gasteiger partial charge on any atom is 0.350 e. The molecule has 1 heterocycles. The zero-order valence-electron chi connectivity index (χ0n) is 16.0. The van der Waals surface area contributed by atoms with E-state index in [2.05, 4.69) is 19.2 Å². The number of para-hydroxylation sites is 1. The van der Waals surface area contributed by atoms with Gasteiger partial charge in [-0.15, -0.1) is 11.3 Å². The van der Waals surface area contributed by atoms with Crippen molar-refractivity contribution in [3.63, 3.8) is 0 Å². The van der Waals surface area contributed by atoms with Gasteiger partial charge in [0.15, 0.2) is 6.10 Å². The van der Waals surface area contributed by atoms with Crippen LogP contribution in [0, 0.1) is 0 Å². The first-order valence-electron chi connectivity index (χ1n) is 9.20. The number of benzene rings is 2. The van der Waals surface area contributed by atoms with E-state index in [-0.39, 0.29) is 5.91 Å². The summed E-state index contributed by atoms with van der Waals surface area (Å²) in [7, 11) is 0. The average molecular weight is 416 g/mol. The summed E-state index contributed by atoms with van der Waals surface area (Å²) in [6.45, 7) is 5.76. The summed E-state index contributed by atoms with van der Waals surface area (Å²) in [6.07, 6.45) is 0.0146. The monoisotopic (exact) mass is 415 g/mol. The minimum Gasteiger partial charge on any atom is -0.448 e. The molecule has 146 valence electrons. The minimum atomic E-state index is -0.946. The van der Waals surface area contributed by atoms with Gasteiger partial charge in [0.2, 0.25) is 0 Å². The Morgan fingerprint density at radius 3 is 2.50 bits per heavy atom. The van der Waals surface area contributed by atoms with Gasteiger partial charge in [-0.25, -0.2) is 4.79 Å². The van der Waals surface area contributed by atoms with Crippen LogP contribution < -0.4 is 5.32 Å². The summed E-state index contributed by atoms with van der Waals surface area (Å²) in [5.74, 6) is -0.655. The Labute approximate surface area is 173 Å². The van der Waals surface area contributed by atoms with E-state index in [9.17, 15) is 9.59 Å². The smallest absolute Gasteiger partial charge is 0.350 e. The zero-order chi connectivity index (χ0) is 20.3. The highest BCUT2D eigenvalue weighted by Gasteiger charge is 2.24. The summed E-state index contributed by atoms with van der Waals surface area (Å²) >= 11 is 7.59. The van der Waals surface area contributed by atoms with Crippen LogP contribution in [0.25, 0.3) is 10.1 Å². The highest BCUT2D eigenvalue weighted by molar-refractivity contribution is 7.21. The van der Waals surface area contributed by atoms with Crippen LogP contribution in [0.1, 0.15) is 48.3 Å². The number of hydrogen-bond acceptors (Lipinski definition) is 4. The Kier molecular flexibility index (Phi) is 6.37. The first-order valence-corrected chi connectivity index (χ1v) is 10.4. The third-order valence-corrected chi connectivity index (χ3v) is 6.39. The molecule has 0 unspecified atom stereocenters. The van der Waals surface area contributed by atoms with Crippen LogP contribution in [-0.2, 0) is 9.53 Å². The molecule has 2 atom stereocenters. The van der Waals surface area contributed by atoms with E-state index >= 15 is 0 Å². The van der Waals surface area contributed by atoms with Gasteiger partial charge in [-0.1, -0.05) is 61.8 Å². The summed E-state index contributed by atoms with van der Waals surface area (Å²) in [5.41, 5.74) is 1.80. The van der Waals surface area contributed by atoms with Gasteiger partial charge in [-0.2, -0.15) is 0 Å². The Morgan fingerprint density at radius 2 is 1.79 bits per heavy atom. The molecule has 0 saturated heterocycles. The quantitative estimate of drug-likeness (QED) is 0.484. The van der Waals surface area contributed by atoms with Gasteiger partial charge < -0.3 is 10.1 Å². The number of carbonyl (C=O) groups excluding carboxylic acids is 2. The molecular weight excluding hydrogens is 394 g/mol. The molecule has 1 amide bonds. The van der Waals surface area contributed by atoms with Gasteiger partial charge in [0.05, 0.1) is 5.02 Å². The SMILES string of the molecule is CC[C@H](C)c1ccccc1NC(=O)[C@H](C)OC(=O)c1sc2ccccc2c1Cl. The number of ether oxygens (including phenoxy) is 1. The van der Waals surface area contributed by atoms with Crippen molar-refractivity contribution >= 4 is 50.6 Å². The maximum atomic E-state index is 12.6. The Bertz CT molecular complexity index is 1010. The lowest BCUT2D eigenvalue weighted by Crippen LogP contribution is -2.30. The van der Waals surface area contributed by atoms with E-state index in [1.807, 2.05) is 48.5 Å². The fourth-order valence-corrected chi connectivity index (χ4v) is 4.30. The first-order chi connectivity index (χ1) is 13.4. The van der Waals surface area contributed by atoms with Gasteiger partial charge in [0.25, 0.3) is 5.91 Å². The second-order valence-electron chi connectivity index (χ2n) is 6.67. The second kappa shape index (κ2) is 8.76. The van der Waals surface area contributed by atoms with Crippen molar-refractivity contribution in [2.75, 3.05) is 5.32 Å². The summed E-state index contributed by atoms with van der Waals surface area (Å²) in [4.78, 5) is 25.4. The van der Waals surface area contributed by atoms with Crippen molar-refractivity contribution in [3.8, 4) is 0 Å². The van der Waals surface area contributed by atoms with Gasteiger partial charge in [0, 0.05) is 15.8 Å². The molecule has 28 heavy (non-hydrogen) atoms. The Morgan fingerprint density at radius 1 is 1.11 bits per heavy atom. The van der Waals surface area contributed by atoms with Crippen molar-refractivity contribution in [2.45, 2.75) is 39.2 Å². The van der Waals surface area contributed by atoms with Crippen LogP contribution in [0.2, 0.25) is 5.02 Å². The minimum absolute atomic E-state index is 0.308. The molecule has 2 aromatic carbocycles. The molecule has 0 radical (unpaired) electrons. The number of rotatable bonds is 6. The third-order valence-electron chi connectivity index (χ3n) is 4.74. The molecule has 0 fully saturated rings. The lowest BCUT2D eigenvalue weighted by atomic mass is 9.97. The molecule has 4 nitrogen and oxygen atoms in total. The van der Waals surface area contributed by atoms with Crippen molar-refractivity contribution in [1.82, 2.24) is 0 Å². The number of halogens is 1. The predicted octanol–water partition coefficient (Wildman–Crippen LogP) is 6.25. The van der Waals surface area contributed by atoms with Crippen LogP contribution in [0.3, 0.4) is 0 Å². The average Bonchev–Trinajstić information content (AvgIpc) is 3.04. The maximum absolute atomic E-state index is 12.6. The number of anilines is 1. The van der Waals surface area contributed by atoms with Crippen LogP contribution >= 0.6 is 22.9 Å². The van der Waals surface area contributed by atoms with Crippen molar-refractivity contribution in [2.24, 2.45) is 0 Å². The standard InChI is InChI=1S/C22H22ClNO3S/c1-4-13(2)15-9-5-7-11-17(15)24-21(25)14(3)27-22(26)20-19(23)16-10-6-8-12-18(16)28-20/h5-14H,4H2,1-3H3,(H,24,25)/t13-,14-/m0/s1. The van der Waals surface area contributed by atoms with E-state index < -0.39 is 12.1 Å². The number of carbonyl (C=O) groups is 2. The molecule has 3 rings (SSSR count).